The second kappa shape index (κ2) is 5.25. The van der Waals surface area contributed by atoms with E-state index < -0.39 is 0 Å². The van der Waals surface area contributed by atoms with Crippen molar-refractivity contribution in [1.82, 2.24) is 10.2 Å². The smallest absolute Gasteiger partial charge is 0.0791 e. The number of ether oxygens (including phenoxy) is 1. The normalized spacial score (nSPS) is 29.6. The highest BCUT2D eigenvalue weighted by molar-refractivity contribution is 4.83. The quantitative estimate of drug-likeness (QED) is 0.644. The lowest BCUT2D eigenvalue weighted by molar-refractivity contribution is 0.0893. The van der Waals surface area contributed by atoms with Crippen molar-refractivity contribution in [2.45, 2.75) is 37.5 Å². The lowest BCUT2D eigenvalue weighted by atomic mass is 10.3. The summed E-state index contributed by atoms with van der Waals surface area (Å²) in [6, 6.07) is 0.685. The van der Waals surface area contributed by atoms with Crippen LogP contribution in [0.15, 0.2) is 0 Å². The number of methoxy groups -OCH3 is 1. The molecule has 15 heavy (non-hydrogen) atoms. The molecule has 0 aromatic rings. The molecule has 1 heterocycles. The lowest BCUT2D eigenvalue weighted by Gasteiger charge is -2.20. The van der Waals surface area contributed by atoms with Crippen molar-refractivity contribution >= 4 is 0 Å². The van der Waals surface area contributed by atoms with Crippen LogP contribution in [-0.4, -0.2) is 61.5 Å². The van der Waals surface area contributed by atoms with Gasteiger partial charge >= 0.3 is 0 Å². The Kier molecular flexibility index (Phi) is 3.97. The molecule has 2 unspecified atom stereocenters. The topological polar surface area (TPSA) is 44.7 Å². The van der Waals surface area contributed by atoms with E-state index in [9.17, 15) is 5.11 Å². The summed E-state index contributed by atoms with van der Waals surface area (Å²) in [5.41, 5.74) is 0. The first-order valence-electron chi connectivity index (χ1n) is 5.94. The Morgan fingerprint density at radius 2 is 2.27 bits per heavy atom. The third-order valence-corrected chi connectivity index (χ3v) is 3.25. The Balaban J connectivity index is 1.58. The van der Waals surface area contributed by atoms with Gasteiger partial charge in [0.05, 0.1) is 12.2 Å². The van der Waals surface area contributed by atoms with E-state index in [0.717, 1.165) is 32.6 Å². The van der Waals surface area contributed by atoms with Crippen LogP contribution in [0.3, 0.4) is 0 Å². The molecular formula is C11H22N2O2. The van der Waals surface area contributed by atoms with Crippen LogP contribution in [0.1, 0.15) is 19.3 Å². The maximum absolute atomic E-state index is 9.80. The molecule has 0 aromatic carbocycles. The number of aliphatic hydroxyl groups is 1. The fraction of sp³-hybridized carbons (Fsp3) is 1.00. The van der Waals surface area contributed by atoms with Gasteiger partial charge in [-0.15, -0.1) is 0 Å². The van der Waals surface area contributed by atoms with Crippen molar-refractivity contribution in [3.63, 3.8) is 0 Å². The molecule has 0 amide bonds. The number of aliphatic hydroxyl groups excluding tert-OH is 1. The van der Waals surface area contributed by atoms with Gasteiger partial charge in [0.15, 0.2) is 0 Å². The average Bonchev–Trinajstić information content (AvgIpc) is 2.96. The fourth-order valence-corrected chi connectivity index (χ4v) is 2.11. The summed E-state index contributed by atoms with van der Waals surface area (Å²) in [7, 11) is 1.76. The molecule has 0 bridgehead atoms. The Hall–Kier alpha value is -0.160. The van der Waals surface area contributed by atoms with Crippen molar-refractivity contribution in [2.75, 3.05) is 33.3 Å². The number of hydrogen-bond acceptors (Lipinski definition) is 4. The zero-order valence-electron chi connectivity index (χ0n) is 9.48. The molecule has 1 aliphatic carbocycles. The molecule has 2 atom stereocenters. The molecule has 1 aliphatic heterocycles. The summed E-state index contributed by atoms with van der Waals surface area (Å²) in [4.78, 5) is 2.29. The number of hydrogen-bond donors (Lipinski definition) is 2. The maximum atomic E-state index is 9.80. The van der Waals surface area contributed by atoms with Gasteiger partial charge in [-0.05, 0) is 19.3 Å². The van der Waals surface area contributed by atoms with Crippen LogP contribution in [0, 0.1) is 0 Å². The van der Waals surface area contributed by atoms with E-state index in [1.807, 2.05) is 0 Å². The van der Waals surface area contributed by atoms with Gasteiger partial charge in [0.25, 0.3) is 0 Å². The summed E-state index contributed by atoms with van der Waals surface area (Å²) in [6.45, 7) is 3.54. The van der Waals surface area contributed by atoms with Crippen LogP contribution in [0.4, 0.5) is 0 Å². The molecule has 2 aliphatic rings. The average molecular weight is 214 g/mol. The summed E-state index contributed by atoms with van der Waals surface area (Å²) < 4.78 is 5.29. The molecule has 2 rings (SSSR count). The lowest BCUT2D eigenvalue weighted by Crippen LogP contribution is -2.38. The Morgan fingerprint density at radius 3 is 2.87 bits per heavy atom. The molecular weight excluding hydrogens is 192 g/mol. The van der Waals surface area contributed by atoms with Crippen molar-refractivity contribution in [1.29, 1.82) is 0 Å². The van der Waals surface area contributed by atoms with Gasteiger partial charge in [-0.25, -0.2) is 0 Å². The molecule has 4 heteroatoms. The predicted octanol–water partition coefficient (Wildman–Crippen LogP) is -0.180. The van der Waals surface area contributed by atoms with Gasteiger partial charge in [0.2, 0.25) is 0 Å². The van der Waals surface area contributed by atoms with E-state index in [1.54, 1.807) is 7.11 Å². The Bertz CT molecular complexity index is 197. The monoisotopic (exact) mass is 214 g/mol. The highest BCUT2D eigenvalue weighted by atomic mass is 16.5. The second-order valence-electron chi connectivity index (χ2n) is 4.74. The van der Waals surface area contributed by atoms with Crippen LogP contribution >= 0.6 is 0 Å². The Labute approximate surface area is 91.6 Å². The van der Waals surface area contributed by atoms with Crippen LogP contribution in [0.2, 0.25) is 0 Å². The number of nitrogens with zero attached hydrogens (tertiary/aromatic N) is 1. The van der Waals surface area contributed by atoms with Crippen molar-refractivity contribution in [3.05, 3.63) is 0 Å². The molecule has 0 spiro atoms. The molecule has 4 nitrogen and oxygen atoms in total. The molecule has 0 radical (unpaired) electrons. The fourth-order valence-electron chi connectivity index (χ4n) is 2.11. The molecule has 2 N–H and O–H groups in total. The molecule has 0 aromatic heterocycles. The number of likely N-dealkylation sites (tertiary alicyclic amines) is 1. The number of rotatable bonds is 6. The summed E-state index contributed by atoms with van der Waals surface area (Å²) in [5.74, 6) is 0. The minimum Gasteiger partial charge on any atom is -0.390 e. The van der Waals surface area contributed by atoms with Gasteiger partial charge in [-0.2, -0.15) is 0 Å². The molecule has 88 valence electrons. The number of β-amino-alcohol motifs (C(OH)–C–C–N with tert-alkyl or cyclic N) is 1. The molecule has 1 saturated carbocycles. The summed E-state index contributed by atoms with van der Waals surface area (Å²) >= 11 is 0. The van der Waals surface area contributed by atoms with Crippen molar-refractivity contribution in [2.24, 2.45) is 0 Å². The standard InChI is InChI=1S/C11H22N2O2/c1-15-11-4-5-13(8-11)7-10(14)6-12-9-2-3-9/h9-12,14H,2-8H2,1H3. The van der Waals surface area contributed by atoms with Crippen LogP contribution in [0.25, 0.3) is 0 Å². The van der Waals surface area contributed by atoms with Crippen LogP contribution in [-0.2, 0) is 4.74 Å². The van der Waals surface area contributed by atoms with E-state index in [2.05, 4.69) is 10.2 Å². The zero-order chi connectivity index (χ0) is 10.7. The van der Waals surface area contributed by atoms with Gasteiger partial charge in [0, 0.05) is 39.3 Å². The highest BCUT2D eigenvalue weighted by Gasteiger charge is 2.25. The zero-order valence-corrected chi connectivity index (χ0v) is 9.48. The van der Waals surface area contributed by atoms with E-state index >= 15 is 0 Å². The van der Waals surface area contributed by atoms with Crippen LogP contribution in [0.5, 0.6) is 0 Å². The third kappa shape index (κ3) is 3.72. The predicted molar refractivity (Wildman–Crippen MR) is 58.9 cm³/mol. The SMILES string of the molecule is COC1CCN(CC(O)CNC2CC2)C1. The van der Waals surface area contributed by atoms with Gasteiger partial charge < -0.3 is 15.2 Å². The molecule has 2 fully saturated rings. The molecule has 1 saturated heterocycles. The van der Waals surface area contributed by atoms with Crippen molar-refractivity contribution in [3.8, 4) is 0 Å². The van der Waals surface area contributed by atoms with Gasteiger partial charge in [0.1, 0.15) is 0 Å². The third-order valence-electron chi connectivity index (χ3n) is 3.25. The van der Waals surface area contributed by atoms with E-state index in [0.29, 0.717) is 12.1 Å². The first kappa shape index (κ1) is 11.3. The summed E-state index contributed by atoms with van der Waals surface area (Å²) in [6.07, 6.45) is 3.79. The first-order valence-corrected chi connectivity index (χ1v) is 5.94. The van der Waals surface area contributed by atoms with Crippen LogP contribution < -0.4 is 5.32 Å². The summed E-state index contributed by atoms with van der Waals surface area (Å²) in [5, 5.41) is 13.1. The van der Waals surface area contributed by atoms with Crippen molar-refractivity contribution < 1.29 is 9.84 Å². The van der Waals surface area contributed by atoms with E-state index in [-0.39, 0.29) is 6.10 Å². The first-order chi connectivity index (χ1) is 7.28. The van der Waals surface area contributed by atoms with E-state index in [4.69, 9.17) is 4.74 Å². The Morgan fingerprint density at radius 1 is 1.47 bits per heavy atom. The largest absolute Gasteiger partial charge is 0.390 e. The highest BCUT2D eigenvalue weighted by Crippen LogP contribution is 2.18. The minimum absolute atomic E-state index is 0.235. The van der Waals surface area contributed by atoms with Gasteiger partial charge in [-0.3, -0.25) is 4.90 Å². The second-order valence-corrected chi connectivity index (χ2v) is 4.74. The minimum atomic E-state index is -0.235. The maximum Gasteiger partial charge on any atom is 0.0791 e. The van der Waals surface area contributed by atoms with E-state index in [1.165, 1.54) is 12.8 Å². The van der Waals surface area contributed by atoms with Gasteiger partial charge in [-0.1, -0.05) is 0 Å². The number of nitrogens with one attached hydrogen (secondary N) is 1.